The largest absolute Gasteiger partial charge is 0.416 e. The molecule has 3 N–H and O–H groups in total. The molecular weight excluding hydrogens is 415 g/mol. The third-order valence-electron chi connectivity index (χ3n) is 5.11. The number of rotatable bonds is 8. The molecule has 3 rings (SSSR count). The molecule has 0 saturated carbocycles. The molecule has 0 atom stereocenters. The molecule has 1 aromatic heterocycles. The number of pyridine rings is 1. The standard InChI is InChI=1S/C25H26F3N3O/c1-2-3-4-5-6-19-16-22(29)21-15-20(12-13-23(21)30-19)31-24(32)14-9-17-7-10-18(11-8-17)25(26,27)28/h7-16H,2-6H2,1H3,(H2,29,30)(H,31,32)/b14-9+. The molecule has 7 heteroatoms. The van der Waals surface area contributed by atoms with Crippen LogP contribution in [0.2, 0.25) is 0 Å². The molecule has 3 aromatic rings. The number of aryl methyl sites for hydroxylation is 1. The number of benzene rings is 2. The van der Waals surface area contributed by atoms with E-state index in [-0.39, 0.29) is 0 Å². The van der Waals surface area contributed by atoms with E-state index in [1.165, 1.54) is 43.5 Å². The van der Waals surface area contributed by atoms with Gasteiger partial charge in [0.2, 0.25) is 5.91 Å². The number of amides is 1. The Morgan fingerprint density at radius 3 is 2.50 bits per heavy atom. The van der Waals surface area contributed by atoms with E-state index in [4.69, 9.17) is 5.73 Å². The van der Waals surface area contributed by atoms with Crippen LogP contribution >= 0.6 is 0 Å². The first-order chi connectivity index (χ1) is 15.3. The maximum absolute atomic E-state index is 12.6. The van der Waals surface area contributed by atoms with Crippen molar-refractivity contribution in [1.29, 1.82) is 0 Å². The summed E-state index contributed by atoms with van der Waals surface area (Å²) >= 11 is 0. The Morgan fingerprint density at radius 2 is 1.81 bits per heavy atom. The number of fused-ring (bicyclic) bond motifs is 1. The summed E-state index contributed by atoms with van der Waals surface area (Å²) in [7, 11) is 0. The molecule has 0 radical (unpaired) electrons. The van der Waals surface area contributed by atoms with Gasteiger partial charge in [0.25, 0.3) is 0 Å². The summed E-state index contributed by atoms with van der Waals surface area (Å²) in [5, 5.41) is 3.50. The van der Waals surface area contributed by atoms with E-state index < -0.39 is 17.6 Å². The number of hydrogen-bond donors (Lipinski definition) is 2. The van der Waals surface area contributed by atoms with Gasteiger partial charge in [0.15, 0.2) is 0 Å². The second-order valence-electron chi connectivity index (χ2n) is 7.69. The number of nitrogen functional groups attached to an aromatic ring is 1. The minimum atomic E-state index is -4.39. The number of anilines is 2. The summed E-state index contributed by atoms with van der Waals surface area (Å²) in [6, 6.07) is 11.8. The molecule has 2 aromatic carbocycles. The molecule has 0 aliphatic carbocycles. The summed E-state index contributed by atoms with van der Waals surface area (Å²) in [5.41, 5.74) is 8.88. The van der Waals surface area contributed by atoms with Crippen LogP contribution in [0.15, 0.2) is 54.6 Å². The molecule has 4 nitrogen and oxygen atoms in total. The average Bonchev–Trinajstić information content (AvgIpc) is 2.75. The second-order valence-corrected chi connectivity index (χ2v) is 7.69. The zero-order valence-electron chi connectivity index (χ0n) is 17.9. The number of halogens is 3. The van der Waals surface area contributed by atoms with E-state index in [2.05, 4.69) is 17.2 Å². The minimum absolute atomic E-state index is 0.400. The lowest BCUT2D eigenvalue weighted by molar-refractivity contribution is -0.137. The summed E-state index contributed by atoms with van der Waals surface area (Å²) < 4.78 is 37.9. The lowest BCUT2D eigenvalue weighted by Crippen LogP contribution is -2.08. The predicted octanol–water partition coefficient (Wildman–Crippen LogP) is 6.61. The van der Waals surface area contributed by atoms with E-state index in [1.807, 2.05) is 12.1 Å². The van der Waals surface area contributed by atoms with E-state index in [1.54, 1.807) is 12.1 Å². The number of alkyl halides is 3. The van der Waals surface area contributed by atoms with Gasteiger partial charge in [0, 0.05) is 28.5 Å². The Hall–Kier alpha value is -3.35. The Morgan fingerprint density at radius 1 is 1.06 bits per heavy atom. The molecule has 0 aliphatic rings. The van der Waals surface area contributed by atoms with Crippen molar-refractivity contribution in [3.05, 3.63) is 71.4 Å². The van der Waals surface area contributed by atoms with Crippen molar-refractivity contribution >= 4 is 34.3 Å². The first-order valence-corrected chi connectivity index (χ1v) is 10.6. The van der Waals surface area contributed by atoms with Crippen molar-refractivity contribution in [1.82, 2.24) is 4.98 Å². The number of aromatic nitrogens is 1. The highest BCUT2D eigenvalue weighted by Gasteiger charge is 2.29. The van der Waals surface area contributed by atoms with Gasteiger partial charge in [-0.25, -0.2) is 0 Å². The maximum atomic E-state index is 12.6. The van der Waals surface area contributed by atoms with Gasteiger partial charge in [0.05, 0.1) is 11.1 Å². The van der Waals surface area contributed by atoms with Crippen LogP contribution in [-0.4, -0.2) is 10.9 Å². The Kier molecular flexibility index (Phi) is 7.51. The van der Waals surface area contributed by atoms with E-state index >= 15 is 0 Å². The fraction of sp³-hybridized carbons (Fsp3) is 0.280. The third kappa shape index (κ3) is 6.33. The number of nitrogens with one attached hydrogen (secondary N) is 1. The molecule has 0 spiro atoms. The van der Waals surface area contributed by atoms with Gasteiger partial charge in [-0.1, -0.05) is 38.3 Å². The van der Waals surface area contributed by atoms with Gasteiger partial charge in [-0.3, -0.25) is 9.78 Å². The highest BCUT2D eigenvalue weighted by atomic mass is 19.4. The maximum Gasteiger partial charge on any atom is 0.416 e. The zero-order valence-corrected chi connectivity index (χ0v) is 17.9. The van der Waals surface area contributed by atoms with Crippen LogP contribution in [0.4, 0.5) is 24.5 Å². The average molecular weight is 441 g/mol. The highest BCUT2D eigenvalue weighted by Crippen LogP contribution is 2.29. The van der Waals surface area contributed by atoms with Gasteiger partial charge in [-0.15, -0.1) is 0 Å². The van der Waals surface area contributed by atoms with Crippen LogP contribution in [0.5, 0.6) is 0 Å². The molecule has 0 bridgehead atoms. The van der Waals surface area contributed by atoms with Crippen LogP contribution in [0.1, 0.15) is 49.4 Å². The lowest BCUT2D eigenvalue weighted by atomic mass is 10.1. The predicted molar refractivity (Wildman–Crippen MR) is 123 cm³/mol. The fourth-order valence-corrected chi connectivity index (χ4v) is 3.39. The fourth-order valence-electron chi connectivity index (χ4n) is 3.39. The van der Waals surface area contributed by atoms with Crippen LogP contribution < -0.4 is 11.1 Å². The molecular formula is C25H26F3N3O. The Balaban J connectivity index is 1.65. The van der Waals surface area contributed by atoms with E-state index in [0.717, 1.165) is 41.6 Å². The van der Waals surface area contributed by atoms with Crippen LogP contribution in [0, 0.1) is 0 Å². The normalized spacial score (nSPS) is 11.9. The molecule has 0 unspecified atom stereocenters. The number of unbranched alkanes of at least 4 members (excludes halogenated alkanes) is 3. The van der Waals surface area contributed by atoms with Gasteiger partial charge in [-0.2, -0.15) is 13.2 Å². The van der Waals surface area contributed by atoms with Gasteiger partial charge >= 0.3 is 6.18 Å². The first kappa shape index (κ1) is 23.3. The van der Waals surface area contributed by atoms with Gasteiger partial charge < -0.3 is 11.1 Å². The molecule has 0 aliphatic heterocycles. The van der Waals surface area contributed by atoms with Crippen molar-refractivity contribution in [3.63, 3.8) is 0 Å². The molecule has 1 heterocycles. The summed E-state index contributed by atoms with van der Waals surface area (Å²) in [4.78, 5) is 16.9. The van der Waals surface area contributed by atoms with Crippen LogP contribution in [-0.2, 0) is 17.4 Å². The van der Waals surface area contributed by atoms with E-state index in [9.17, 15) is 18.0 Å². The van der Waals surface area contributed by atoms with E-state index in [0.29, 0.717) is 16.9 Å². The smallest absolute Gasteiger partial charge is 0.398 e. The molecule has 1 amide bonds. The summed E-state index contributed by atoms with van der Waals surface area (Å²) in [5.74, 6) is -0.400. The van der Waals surface area contributed by atoms with Crippen LogP contribution in [0.3, 0.4) is 0 Å². The van der Waals surface area contributed by atoms with Crippen molar-refractivity contribution < 1.29 is 18.0 Å². The molecule has 168 valence electrons. The van der Waals surface area contributed by atoms with Gasteiger partial charge in [-0.05, 0) is 60.9 Å². The van der Waals surface area contributed by atoms with Gasteiger partial charge in [0.1, 0.15) is 0 Å². The molecule has 0 fully saturated rings. The zero-order chi connectivity index (χ0) is 23.1. The second kappa shape index (κ2) is 10.3. The number of carbonyl (C=O) groups is 1. The summed E-state index contributed by atoms with van der Waals surface area (Å²) in [6.45, 7) is 2.17. The molecule has 32 heavy (non-hydrogen) atoms. The minimum Gasteiger partial charge on any atom is -0.398 e. The number of nitrogens with zero attached hydrogens (tertiary/aromatic N) is 1. The topological polar surface area (TPSA) is 68.0 Å². The number of hydrogen-bond acceptors (Lipinski definition) is 3. The monoisotopic (exact) mass is 441 g/mol. The van der Waals surface area contributed by atoms with Crippen molar-refractivity contribution in [2.75, 3.05) is 11.1 Å². The lowest BCUT2D eigenvalue weighted by Gasteiger charge is -2.09. The SMILES string of the molecule is CCCCCCc1cc(N)c2cc(NC(=O)/C=C/c3ccc(C(F)(F)F)cc3)ccc2n1. The quantitative estimate of drug-likeness (QED) is 0.305. The number of nitrogens with two attached hydrogens (primary N) is 1. The third-order valence-corrected chi connectivity index (χ3v) is 5.11. The first-order valence-electron chi connectivity index (χ1n) is 10.6. The highest BCUT2D eigenvalue weighted by molar-refractivity contribution is 6.03. The Bertz CT molecular complexity index is 1110. The van der Waals surface area contributed by atoms with Crippen molar-refractivity contribution in [2.45, 2.75) is 45.2 Å². The summed E-state index contributed by atoms with van der Waals surface area (Å²) in [6.07, 6.45) is 3.85. The number of carbonyl (C=O) groups excluding carboxylic acids is 1. The van der Waals surface area contributed by atoms with Crippen molar-refractivity contribution in [3.8, 4) is 0 Å². The van der Waals surface area contributed by atoms with Crippen molar-refractivity contribution in [2.24, 2.45) is 0 Å². The van der Waals surface area contributed by atoms with Crippen LogP contribution in [0.25, 0.3) is 17.0 Å². The Labute approximate surface area is 185 Å². The molecule has 0 saturated heterocycles.